The van der Waals surface area contributed by atoms with Gasteiger partial charge >= 0.3 is 6.03 Å². The largest absolute Gasteiger partial charge is 0.439 e. The summed E-state index contributed by atoms with van der Waals surface area (Å²) in [5, 5.41) is 2.88. The van der Waals surface area contributed by atoms with Crippen molar-refractivity contribution in [2.24, 2.45) is 5.92 Å². The Labute approximate surface area is 141 Å². The van der Waals surface area contributed by atoms with E-state index in [1.807, 2.05) is 37.3 Å². The van der Waals surface area contributed by atoms with Gasteiger partial charge in [-0.25, -0.2) is 9.78 Å². The molecule has 6 nitrogen and oxygen atoms in total. The monoisotopic (exact) mass is 329 g/mol. The van der Waals surface area contributed by atoms with Gasteiger partial charge in [-0.15, -0.1) is 0 Å². The van der Waals surface area contributed by atoms with Crippen molar-refractivity contribution < 1.29 is 13.9 Å². The Morgan fingerprint density at radius 2 is 2.21 bits per heavy atom. The minimum atomic E-state index is -0.0936. The minimum absolute atomic E-state index is 0.0936. The summed E-state index contributed by atoms with van der Waals surface area (Å²) in [6, 6.07) is 9.69. The number of hydrogen-bond donors (Lipinski definition) is 1. The predicted octanol–water partition coefficient (Wildman–Crippen LogP) is 2.91. The van der Waals surface area contributed by atoms with Gasteiger partial charge in [0, 0.05) is 31.2 Å². The van der Waals surface area contributed by atoms with Crippen LogP contribution in [0.3, 0.4) is 0 Å². The zero-order valence-electron chi connectivity index (χ0n) is 13.9. The van der Waals surface area contributed by atoms with Gasteiger partial charge in [-0.05, 0) is 13.3 Å². The second-order valence-electron chi connectivity index (χ2n) is 5.91. The molecule has 1 fully saturated rings. The van der Waals surface area contributed by atoms with Crippen LogP contribution < -0.4 is 5.32 Å². The van der Waals surface area contributed by atoms with Gasteiger partial charge in [0.15, 0.2) is 5.76 Å². The molecule has 1 aromatic heterocycles. The van der Waals surface area contributed by atoms with E-state index in [0.717, 1.165) is 31.7 Å². The molecule has 6 heteroatoms. The normalized spacial score (nSPS) is 17.0. The fraction of sp³-hybridized carbons (Fsp3) is 0.444. The number of amides is 2. The zero-order chi connectivity index (χ0) is 16.8. The summed E-state index contributed by atoms with van der Waals surface area (Å²) in [6.45, 7) is 5.19. The van der Waals surface area contributed by atoms with Gasteiger partial charge in [-0.3, -0.25) is 0 Å². The predicted molar refractivity (Wildman–Crippen MR) is 90.3 cm³/mol. The number of ether oxygens (including phenoxy) is 1. The third kappa shape index (κ3) is 4.14. The van der Waals surface area contributed by atoms with Crippen LogP contribution in [0, 0.1) is 5.92 Å². The van der Waals surface area contributed by atoms with Crippen LogP contribution in [0.15, 0.2) is 40.9 Å². The topological polar surface area (TPSA) is 67.6 Å². The van der Waals surface area contributed by atoms with E-state index in [-0.39, 0.29) is 12.6 Å². The Morgan fingerprint density at radius 3 is 2.92 bits per heavy atom. The third-order valence-corrected chi connectivity index (χ3v) is 4.17. The first-order chi connectivity index (χ1) is 11.8. The van der Waals surface area contributed by atoms with Crippen LogP contribution in [-0.2, 0) is 11.3 Å². The first-order valence-corrected chi connectivity index (χ1v) is 8.37. The first-order valence-electron chi connectivity index (χ1n) is 8.37. The molecule has 1 aromatic carbocycles. The molecule has 2 amide bonds. The molecule has 2 aromatic rings. The van der Waals surface area contributed by atoms with Crippen molar-refractivity contribution in [3.63, 3.8) is 0 Å². The van der Waals surface area contributed by atoms with Crippen LogP contribution in [0.25, 0.3) is 11.3 Å². The number of benzene rings is 1. The number of carbonyl (C=O) groups excluding carboxylic acids is 1. The highest BCUT2D eigenvalue weighted by Gasteiger charge is 2.21. The molecular formula is C18H23N3O3. The molecule has 1 atom stereocenters. The van der Waals surface area contributed by atoms with Crippen LogP contribution >= 0.6 is 0 Å². The number of nitrogens with zero attached hydrogens (tertiary/aromatic N) is 2. The smallest absolute Gasteiger partial charge is 0.317 e. The number of nitrogens with one attached hydrogen (secondary N) is 1. The molecule has 0 spiro atoms. The zero-order valence-corrected chi connectivity index (χ0v) is 13.9. The summed E-state index contributed by atoms with van der Waals surface area (Å²) in [6.07, 6.45) is 2.70. The van der Waals surface area contributed by atoms with Gasteiger partial charge in [-0.1, -0.05) is 30.3 Å². The highest BCUT2D eigenvalue weighted by molar-refractivity contribution is 5.74. The van der Waals surface area contributed by atoms with E-state index >= 15 is 0 Å². The van der Waals surface area contributed by atoms with Crippen molar-refractivity contribution >= 4 is 6.03 Å². The summed E-state index contributed by atoms with van der Waals surface area (Å²) in [5.74, 6) is 1.64. The van der Waals surface area contributed by atoms with Gasteiger partial charge in [0.05, 0.1) is 19.3 Å². The van der Waals surface area contributed by atoms with Crippen molar-refractivity contribution in [2.75, 3.05) is 26.3 Å². The van der Waals surface area contributed by atoms with E-state index in [1.165, 1.54) is 0 Å². The molecule has 2 heterocycles. The van der Waals surface area contributed by atoms with Crippen molar-refractivity contribution in [1.29, 1.82) is 0 Å². The average molecular weight is 329 g/mol. The Hall–Kier alpha value is -2.34. The SMILES string of the molecule is CCN(C[C@H]1CCOC1)C(=O)NCc1ncc(-c2ccccc2)o1. The maximum atomic E-state index is 12.3. The van der Waals surface area contributed by atoms with E-state index in [0.29, 0.717) is 24.1 Å². The number of oxazole rings is 1. The lowest BCUT2D eigenvalue weighted by Crippen LogP contribution is -2.42. The standard InChI is InChI=1S/C18H23N3O3/c1-2-21(12-14-8-9-23-13-14)18(22)20-11-17-19-10-16(24-17)15-6-4-3-5-7-15/h3-7,10,14H,2,8-9,11-13H2,1H3,(H,20,22)/t14-/m1/s1. The van der Waals surface area contributed by atoms with Crippen molar-refractivity contribution in [2.45, 2.75) is 19.9 Å². The number of aromatic nitrogens is 1. The molecule has 128 valence electrons. The summed E-state index contributed by atoms with van der Waals surface area (Å²) in [7, 11) is 0. The second kappa shape index (κ2) is 7.97. The second-order valence-corrected chi connectivity index (χ2v) is 5.91. The van der Waals surface area contributed by atoms with Crippen LogP contribution in [-0.4, -0.2) is 42.2 Å². The molecule has 1 aliphatic heterocycles. The maximum Gasteiger partial charge on any atom is 0.317 e. The highest BCUT2D eigenvalue weighted by atomic mass is 16.5. The highest BCUT2D eigenvalue weighted by Crippen LogP contribution is 2.19. The molecule has 0 bridgehead atoms. The third-order valence-electron chi connectivity index (χ3n) is 4.17. The number of carbonyl (C=O) groups is 1. The molecule has 3 rings (SSSR count). The van der Waals surface area contributed by atoms with Crippen molar-refractivity contribution in [1.82, 2.24) is 15.2 Å². The van der Waals surface area contributed by atoms with E-state index in [4.69, 9.17) is 9.15 Å². The molecular weight excluding hydrogens is 306 g/mol. The Bertz CT molecular complexity index is 651. The molecule has 0 radical (unpaired) electrons. The van der Waals surface area contributed by atoms with Gasteiger partial charge in [0.1, 0.15) is 0 Å². The molecule has 0 aliphatic carbocycles. The van der Waals surface area contributed by atoms with Gasteiger partial charge < -0.3 is 19.4 Å². The molecule has 1 N–H and O–H groups in total. The Balaban J connectivity index is 1.53. The van der Waals surface area contributed by atoms with Crippen LogP contribution in [0.5, 0.6) is 0 Å². The summed E-state index contributed by atoms with van der Waals surface area (Å²) in [5.41, 5.74) is 0.971. The first kappa shape index (κ1) is 16.5. The van der Waals surface area contributed by atoms with E-state index in [9.17, 15) is 4.79 Å². The van der Waals surface area contributed by atoms with Crippen molar-refractivity contribution in [3.8, 4) is 11.3 Å². The number of urea groups is 1. The quantitative estimate of drug-likeness (QED) is 0.885. The minimum Gasteiger partial charge on any atom is -0.439 e. The van der Waals surface area contributed by atoms with Crippen LogP contribution in [0.2, 0.25) is 0 Å². The lowest BCUT2D eigenvalue weighted by molar-refractivity contribution is 0.165. The number of hydrogen-bond acceptors (Lipinski definition) is 4. The summed E-state index contributed by atoms with van der Waals surface area (Å²) in [4.78, 5) is 18.4. The van der Waals surface area contributed by atoms with Gasteiger partial charge in [-0.2, -0.15) is 0 Å². The fourth-order valence-corrected chi connectivity index (χ4v) is 2.79. The molecule has 0 saturated carbocycles. The fourth-order valence-electron chi connectivity index (χ4n) is 2.79. The molecule has 0 unspecified atom stereocenters. The summed E-state index contributed by atoms with van der Waals surface area (Å²) < 4.78 is 11.1. The molecule has 1 aliphatic rings. The summed E-state index contributed by atoms with van der Waals surface area (Å²) >= 11 is 0. The molecule has 1 saturated heterocycles. The lowest BCUT2D eigenvalue weighted by atomic mass is 10.1. The van der Waals surface area contributed by atoms with E-state index < -0.39 is 0 Å². The molecule has 24 heavy (non-hydrogen) atoms. The average Bonchev–Trinajstić information content (AvgIpc) is 3.30. The lowest BCUT2D eigenvalue weighted by Gasteiger charge is -2.23. The van der Waals surface area contributed by atoms with Crippen LogP contribution in [0.4, 0.5) is 4.79 Å². The number of rotatable bonds is 6. The van der Waals surface area contributed by atoms with Gasteiger partial charge in [0.2, 0.25) is 5.89 Å². The van der Waals surface area contributed by atoms with E-state index in [1.54, 1.807) is 11.1 Å². The van der Waals surface area contributed by atoms with Crippen LogP contribution in [0.1, 0.15) is 19.2 Å². The Kier molecular flexibility index (Phi) is 5.48. The van der Waals surface area contributed by atoms with Crippen molar-refractivity contribution in [3.05, 3.63) is 42.4 Å². The van der Waals surface area contributed by atoms with Gasteiger partial charge in [0.25, 0.3) is 0 Å². The van der Waals surface area contributed by atoms with E-state index in [2.05, 4.69) is 10.3 Å². The maximum absolute atomic E-state index is 12.3. The Morgan fingerprint density at radius 1 is 1.38 bits per heavy atom.